The quantitative estimate of drug-likeness (QED) is 0.922. The smallest absolute Gasteiger partial charge is 0.336 e. The molecule has 0 amide bonds. The summed E-state index contributed by atoms with van der Waals surface area (Å²) < 4.78 is 28.4. The molecule has 0 fully saturated rings. The Labute approximate surface area is 134 Å². The molecule has 1 aromatic heterocycles. The van der Waals surface area contributed by atoms with Gasteiger partial charge in [-0.15, -0.1) is 0 Å². The second kappa shape index (κ2) is 5.73. The van der Waals surface area contributed by atoms with Crippen LogP contribution in [-0.2, 0) is 22.8 Å². The van der Waals surface area contributed by atoms with Crippen molar-refractivity contribution in [1.82, 2.24) is 0 Å². The van der Waals surface area contributed by atoms with Crippen LogP contribution < -0.4 is 4.90 Å². The second-order valence-electron chi connectivity index (χ2n) is 5.63. The van der Waals surface area contributed by atoms with E-state index in [1.54, 1.807) is 18.2 Å². The van der Waals surface area contributed by atoms with Gasteiger partial charge in [-0.1, -0.05) is 6.07 Å². The number of anilines is 1. The Balaban J connectivity index is 1.91. The minimum absolute atomic E-state index is 0.0518. The van der Waals surface area contributed by atoms with Crippen molar-refractivity contribution < 1.29 is 22.7 Å². The van der Waals surface area contributed by atoms with Crippen LogP contribution in [0.4, 0.5) is 5.69 Å². The Hall–Kier alpha value is -2.28. The summed E-state index contributed by atoms with van der Waals surface area (Å²) in [6.45, 7) is 1.18. The highest BCUT2D eigenvalue weighted by Gasteiger charge is 2.23. The Morgan fingerprint density at radius 2 is 2.09 bits per heavy atom. The zero-order chi connectivity index (χ0) is 16.6. The number of rotatable bonds is 4. The van der Waals surface area contributed by atoms with E-state index in [1.165, 1.54) is 6.07 Å². The highest BCUT2D eigenvalue weighted by atomic mass is 32.2. The van der Waals surface area contributed by atoms with E-state index < -0.39 is 15.8 Å². The van der Waals surface area contributed by atoms with Gasteiger partial charge in [-0.25, -0.2) is 13.2 Å². The van der Waals surface area contributed by atoms with E-state index in [0.717, 1.165) is 36.9 Å². The number of carboxylic acid groups (broad SMARTS) is 1. The molecule has 1 aliphatic heterocycles. The fourth-order valence-corrected chi connectivity index (χ4v) is 3.47. The fraction of sp³-hybridized carbons (Fsp3) is 0.312. The van der Waals surface area contributed by atoms with E-state index in [2.05, 4.69) is 0 Å². The van der Waals surface area contributed by atoms with Gasteiger partial charge in [0.05, 0.1) is 12.1 Å². The van der Waals surface area contributed by atoms with Gasteiger partial charge < -0.3 is 14.4 Å². The summed E-state index contributed by atoms with van der Waals surface area (Å²) in [5.41, 5.74) is 2.01. The van der Waals surface area contributed by atoms with Gasteiger partial charge in [0.2, 0.25) is 14.9 Å². The molecule has 122 valence electrons. The van der Waals surface area contributed by atoms with Gasteiger partial charge in [0.25, 0.3) is 0 Å². The molecule has 0 saturated carbocycles. The van der Waals surface area contributed by atoms with Crippen LogP contribution in [0.2, 0.25) is 0 Å². The lowest BCUT2D eigenvalue weighted by molar-refractivity contribution is 0.0695. The molecule has 3 rings (SSSR count). The number of fused-ring (bicyclic) bond motifs is 1. The summed E-state index contributed by atoms with van der Waals surface area (Å²) in [6.07, 6.45) is 2.67. The summed E-state index contributed by atoms with van der Waals surface area (Å²) in [6, 6.07) is 8.32. The number of aromatic carboxylic acids is 1. The molecule has 0 spiro atoms. The minimum atomic E-state index is -3.36. The first-order valence-electron chi connectivity index (χ1n) is 7.25. The Morgan fingerprint density at radius 1 is 1.30 bits per heavy atom. The number of nitrogens with zero attached hydrogens (tertiary/aromatic N) is 1. The lowest BCUT2D eigenvalue weighted by Crippen LogP contribution is -2.29. The maximum absolute atomic E-state index is 11.5. The van der Waals surface area contributed by atoms with Crippen molar-refractivity contribution in [2.75, 3.05) is 17.7 Å². The first-order valence-corrected chi connectivity index (χ1v) is 9.14. The molecule has 0 atom stereocenters. The summed E-state index contributed by atoms with van der Waals surface area (Å²) in [7, 11) is -3.36. The maximum atomic E-state index is 11.5. The zero-order valence-corrected chi connectivity index (χ0v) is 13.5. The van der Waals surface area contributed by atoms with E-state index >= 15 is 0 Å². The van der Waals surface area contributed by atoms with Crippen molar-refractivity contribution in [1.29, 1.82) is 0 Å². The third kappa shape index (κ3) is 3.10. The predicted molar refractivity (Wildman–Crippen MR) is 84.6 cm³/mol. The number of carboxylic acids is 1. The molecule has 1 aliphatic rings. The predicted octanol–water partition coefficient (Wildman–Crippen LogP) is 2.33. The Morgan fingerprint density at radius 3 is 2.74 bits per heavy atom. The number of hydrogen-bond donors (Lipinski definition) is 1. The minimum Gasteiger partial charge on any atom is -0.478 e. The van der Waals surface area contributed by atoms with Gasteiger partial charge in [-0.05, 0) is 42.7 Å². The van der Waals surface area contributed by atoms with E-state index in [0.29, 0.717) is 17.9 Å². The van der Waals surface area contributed by atoms with Gasteiger partial charge >= 0.3 is 5.97 Å². The highest BCUT2D eigenvalue weighted by Crippen LogP contribution is 2.31. The summed E-state index contributed by atoms with van der Waals surface area (Å²) in [5.74, 6) is -0.389. The molecule has 0 unspecified atom stereocenters. The van der Waals surface area contributed by atoms with Gasteiger partial charge in [0.15, 0.2) is 0 Å². The van der Waals surface area contributed by atoms with Gasteiger partial charge in [-0.3, -0.25) is 0 Å². The molecule has 7 heteroatoms. The molecule has 1 aromatic carbocycles. The average molecular weight is 335 g/mol. The largest absolute Gasteiger partial charge is 0.478 e. The van der Waals surface area contributed by atoms with E-state index in [9.17, 15) is 18.3 Å². The number of benzene rings is 1. The Bertz CT molecular complexity index is 853. The Kier molecular flexibility index (Phi) is 3.89. The highest BCUT2D eigenvalue weighted by molar-refractivity contribution is 7.90. The molecule has 1 N–H and O–H groups in total. The van der Waals surface area contributed by atoms with Crippen LogP contribution >= 0.6 is 0 Å². The molecule has 0 radical (unpaired) electrons. The van der Waals surface area contributed by atoms with Crippen LogP contribution in [0, 0.1) is 0 Å². The van der Waals surface area contributed by atoms with Crippen molar-refractivity contribution in [3.63, 3.8) is 0 Å². The molecule has 6 nitrogen and oxygen atoms in total. The SMILES string of the molecule is CS(=O)(=O)c1ccc(CN2CCCc3c(C(=O)O)cccc32)o1. The van der Waals surface area contributed by atoms with Crippen LogP contribution in [0.5, 0.6) is 0 Å². The van der Waals surface area contributed by atoms with Crippen LogP contribution in [0.1, 0.15) is 28.1 Å². The first kappa shape index (κ1) is 15.6. The number of carbonyl (C=O) groups is 1. The van der Waals surface area contributed by atoms with Crippen molar-refractivity contribution >= 4 is 21.5 Å². The average Bonchev–Trinajstić information content (AvgIpc) is 2.95. The number of sulfone groups is 1. The molecule has 2 aromatic rings. The fourth-order valence-electron chi connectivity index (χ4n) is 2.90. The molecular formula is C16H17NO5S. The standard InChI is InChI=1S/C16H17NO5S/c1-23(20,21)15-8-7-11(22-15)10-17-9-3-5-12-13(16(18)19)4-2-6-14(12)17/h2,4,6-8H,3,5,9-10H2,1H3,(H,18,19). The lowest BCUT2D eigenvalue weighted by atomic mass is 9.96. The lowest BCUT2D eigenvalue weighted by Gasteiger charge is -2.31. The van der Waals surface area contributed by atoms with Gasteiger partial charge in [0, 0.05) is 18.5 Å². The topological polar surface area (TPSA) is 87.8 Å². The zero-order valence-electron chi connectivity index (χ0n) is 12.7. The third-order valence-electron chi connectivity index (χ3n) is 3.93. The third-order valence-corrected chi connectivity index (χ3v) is 4.88. The molecule has 0 bridgehead atoms. The molecule has 0 saturated heterocycles. The summed E-state index contributed by atoms with van der Waals surface area (Å²) in [5, 5.41) is 9.25. The number of furan rings is 1. The van der Waals surface area contributed by atoms with Crippen LogP contribution in [0.15, 0.2) is 39.8 Å². The first-order chi connectivity index (χ1) is 10.9. The van der Waals surface area contributed by atoms with Crippen LogP contribution in [-0.4, -0.2) is 32.3 Å². The summed E-state index contributed by atoms with van der Waals surface area (Å²) >= 11 is 0. The number of hydrogen-bond acceptors (Lipinski definition) is 5. The van der Waals surface area contributed by atoms with Gasteiger partial charge in [-0.2, -0.15) is 0 Å². The van der Waals surface area contributed by atoms with Crippen molar-refractivity contribution in [2.24, 2.45) is 0 Å². The van der Waals surface area contributed by atoms with Crippen molar-refractivity contribution in [3.8, 4) is 0 Å². The van der Waals surface area contributed by atoms with Crippen molar-refractivity contribution in [2.45, 2.75) is 24.5 Å². The van der Waals surface area contributed by atoms with Gasteiger partial charge in [0.1, 0.15) is 5.76 Å². The molecule has 2 heterocycles. The monoisotopic (exact) mass is 335 g/mol. The summed E-state index contributed by atoms with van der Waals surface area (Å²) in [4.78, 5) is 13.4. The normalized spacial score (nSPS) is 14.6. The van der Waals surface area contributed by atoms with Crippen LogP contribution in [0.3, 0.4) is 0 Å². The molecule has 0 aliphatic carbocycles. The molecular weight excluding hydrogens is 318 g/mol. The van der Waals surface area contributed by atoms with Crippen LogP contribution in [0.25, 0.3) is 0 Å². The molecule has 23 heavy (non-hydrogen) atoms. The van der Waals surface area contributed by atoms with E-state index in [-0.39, 0.29) is 5.09 Å². The van der Waals surface area contributed by atoms with Crippen molar-refractivity contribution in [3.05, 3.63) is 47.2 Å². The van der Waals surface area contributed by atoms with E-state index in [4.69, 9.17) is 4.42 Å². The van der Waals surface area contributed by atoms with E-state index in [1.807, 2.05) is 11.0 Å². The second-order valence-corrected chi connectivity index (χ2v) is 7.57. The maximum Gasteiger partial charge on any atom is 0.336 e.